The number of benzene rings is 1. The van der Waals surface area contributed by atoms with Crippen molar-refractivity contribution in [2.75, 3.05) is 14.2 Å². The topological polar surface area (TPSA) is 94.2 Å². The molecule has 0 aliphatic rings. The second-order valence-electron chi connectivity index (χ2n) is 5.11. The first-order valence-electron chi connectivity index (χ1n) is 7.46. The van der Waals surface area contributed by atoms with Gasteiger partial charge in [0.25, 0.3) is 0 Å². The number of ether oxygens (including phenoxy) is 2. The fourth-order valence-electron chi connectivity index (χ4n) is 2.45. The molecule has 0 unspecified atom stereocenters. The second kappa shape index (κ2) is 7.04. The molecule has 2 heterocycles. The number of fused-ring (bicyclic) bond motifs is 1. The van der Waals surface area contributed by atoms with Crippen LogP contribution in [0.4, 0.5) is 0 Å². The summed E-state index contributed by atoms with van der Waals surface area (Å²) < 4.78 is 15.7. The monoisotopic (exact) mass is 340 g/mol. The molecule has 7 heteroatoms. The molecule has 0 saturated heterocycles. The predicted octanol–water partition coefficient (Wildman–Crippen LogP) is 2.53. The van der Waals surface area contributed by atoms with E-state index in [9.17, 15) is 9.90 Å². The first-order valence-corrected chi connectivity index (χ1v) is 7.46. The van der Waals surface area contributed by atoms with Gasteiger partial charge in [0.15, 0.2) is 11.5 Å². The van der Waals surface area contributed by atoms with Gasteiger partial charge < -0.3 is 19.0 Å². The average molecular weight is 340 g/mol. The third kappa shape index (κ3) is 3.16. The highest BCUT2D eigenvalue weighted by Crippen LogP contribution is 2.29. The number of hydrogen-bond acceptors (Lipinski definition) is 7. The summed E-state index contributed by atoms with van der Waals surface area (Å²) in [6, 6.07) is 8.42. The van der Waals surface area contributed by atoms with Crippen molar-refractivity contribution in [2.45, 2.75) is 6.54 Å². The lowest BCUT2D eigenvalue weighted by atomic mass is 10.1. The van der Waals surface area contributed by atoms with Crippen molar-refractivity contribution in [3.05, 3.63) is 58.2 Å². The molecule has 1 aromatic carbocycles. The van der Waals surface area contributed by atoms with E-state index in [0.717, 1.165) is 0 Å². The molecule has 0 aliphatic carbocycles. The standard InChI is InChI=1S/C18H16N2O5/c1-23-15-7-8-20-13(17(15)24-2)10-19-9-12-16(21)11-5-3-4-6-14(11)25-18(12)22/h3-9,21H,10H2,1-2H3. The largest absolute Gasteiger partial charge is 0.506 e. The Morgan fingerprint density at radius 2 is 2.04 bits per heavy atom. The molecule has 1 N–H and O–H groups in total. The molecule has 0 amide bonds. The number of methoxy groups -OCH3 is 2. The van der Waals surface area contributed by atoms with Gasteiger partial charge in [0.05, 0.1) is 26.2 Å². The number of hydrogen-bond donors (Lipinski definition) is 1. The molecule has 0 atom stereocenters. The van der Waals surface area contributed by atoms with E-state index in [1.165, 1.54) is 20.4 Å². The van der Waals surface area contributed by atoms with Crippen LogP contribution in [0.1, 0.15) is 11.3 Å². The van der Waals surface area contributed by atoms with Crippen LogP contribution < -0.4 is 15.1 Å². The molecule has 3 rings (SSSR count). The molecule has 0 radical (unpaired) electrons. The van der Waals surface area contributed by atoms with E-state index < -0.39 is 5.63 Å². The number of aromatic nitrogens is 1. The van der Waals surface area contributed by atoms with E-state index in [-0.39, 0.29) is 17.9 Å². The molecule has 0 spiro atoms. The van der Waals surface area contributed by atoms with E-state index in [4.69, 9.17) is 13.9 Å². The highest BCUT2D eigenvalue weighted by atomic mass is 16.5. The molecular weight excluding hydrogens is 324 g/mol. The van der Waals surface area contributed by atoms with Crippen molar-refractivity contribution in [1.29, 1.82) is 0 Å². The Balaban J connectivity index is 1.94. The molecule has 2 aromatic heterocycles. The lowest BCUT2D eigenvalue weighted by molar-refractivity contribution is 0.349. The summed E-state index contributed by atoms with van der Waals surface area (Å²) in [4.78, 5) is 20.4. The van der Waals surface area contributed by atoms with Crippen LogP contribution in [0.2, 0.25) is 0 Å². The zero-order valence-corrected chi connectivity index (χ0v) is 13.7. The van der Waals surface area contributed by atoms with Crippen molar-refractivity contribution in [1.82, 2.24) is 4.98 Å². The Labute approximate surface area is 143 Å². The van der Waals surface area contributed by atoms with Crippen LogP contribution in [-0.2, 0) is 6.54 Å². The van der Waals surface area contributed by atoms with Gasteiger partial charge in [-0.1, -0.05) is 12.1 Å². The Kier molecular flexibility index (Phi) is 4.65. The summed E-state index contributed by atoms with van der Waals surface area (Å²) >= 11 is 0. The zero-order valence-electron chi connectivity index (χ0n) is 13.7. The second-order valence-corrected chi connectivity index (χ2v) is 5.11. The first kappa shape index (κ1) is 16.5. The lowest BCUT2D eigenvalue weighted by Crippen LogP contribution is -2.07. The molecule has 0 bridgehead atoms. The number of rotatable bonds is 5. The van der Waals surface area contributed by atoms with Gasteiger partial charge in [-0.15, -0.1) is 0 Å². The molecular formula is C18H16N2O5. The van der Waals surface area contributed by atoms with Crippen molar-refractivity contribution in [3.63, 3.8) is 0 Å². The average Bonchev–Trinajstić information content (AvgIpc) is 2.64. The Hall–Kier alpha value is -3.35. The minimum atomic E-state index is -0.662. The van der Waals surface area contributed by atoms with Crippen LogP contribution in [0.25, 0.3) is 11.0 Å². The fraction of sp³-hybridized carbons (Fsp3) is 0.167. The van der Waals surface area contributed by atoms with Crippen LogP contribution in [0, 0.1) is 0 Å². The number of aromatic hydroxyl groups is 1. The molecule has 0 saturated carbocycles. The van der Waals surface area contributed by atoms with E-state index in [1.807, 2.05) is 0 Å². The smallest absolute Gasteiger partial charge is 0.348 e. The van der Waals surface area contributed by atoms with E-state index >= 15 is 0 Å². The Morgan fingerprint density at radius 1 is 1.24 bits per heavy atom. The summed E-state index contributed by atoms with van der Waals surface area (Å²) in [5.41, 5.74) is 0.187. The molecule has 7 nitrogen and oxygen atoms in total. The summed E-state index contributed by atoms with van der Waals surface area (Å²) in [7, 11) is 3.04. The highest BCUT2D eigenvalue weighted by Gasteiger charge is 2.13. The maximum absolute atomic E-state index is 12.0. The number of aliphatic imine (C=N–C) groups is 1. The fourth-order valence-corrected chi connectivity index (χ4v) is 2.45. The van der Waals surface area contributed by atoms with Crippen molar-refractivity contribution >= 4 is 17.2 Å². The summed E-state index contributed by atoms with van der Waals surface area (Å²) in [5, 5.41) is 10.7. The van der Waals surface area contributed by atoms with Gasteiger partial charge in [-0.05, 0) is 12.1 Å². The van der Waals surface area contributed by atoms with Crippen LogP contribution >= 0.6 is 0 Å². The minimum absolute atomic E-state index is 0.0134. The minimum Gasteiger partial charge on any atom is -0.506 e. The number of para-hydroxylation sites is 1. The SMILES string of the molecule is COc1ccnc(CN=Cc2c(O)c3ccccc3oc2=O)c1OC. The van der Waals surface area contributed by atoms with Gasteiger partial charge >= 0.3 is 5.63 Å². The highest BCUT2D eigenvalue weighted by molar-refractivity contribution is 5.93. The Bertz CT molecular complexity index is 994. The quantitative estimate of drug-likeness (QED) is 0.566. The maximum atomic E-state index is 12.0. The van der Waals surface area contributed by atoms with Gasteiger partial charge in [-0.25, -0.2) is 4.79 Å². The van der Waals surface area contributed by atoms with Gasteiger partial charge in [-0.3, -0.25) is 9.98 Å². The first-order chi connectivity index (χ1) is 12.2. The Morgan fingerprint density at radius 3 is 2.80 bits per heavy atom. The van der Waals surface area contributed by atoms with Gasteiger partial charge in [-0.2, -0.15) is 0 Å². The van der Waals surface area contributed by atoms with Crippen molar-refractivity contribution in [2.24, 2.45) is 4.99 Å². The normalized spacial score (nSPS) is 11.1. The third-order valence-corrected chi connectivity index (χ3v) is 3.65. The van der Waals surface area contributed by atoms with Gasteiger partial charge in [0.2, 0.25) is 0 Å². The van der Waals surface area contributed by atoms with E-state index in [0.29, 0.717) is 28.2 Å². The van der Waals surface area contributed by atoms with Crippen molar-refractivity contribution < 1.29 is 19.0 Å². The van der Waals surface area contributed by atoms with Crippen molar-refractivity contribution in [3.8, 4) is 17.2 Å². The van der Waals surface area contributed by atoms with Crippen LogP contribution in [0.5, 0.6) is 17.2 Å². The van der Waals surface area contributed by atoms with Crippen LogP contribution in [-0.4, -0.2) is 30.5 Å². The van der Waals surface area contributed by atoms with Gasteiger partial charge in [0, 0.05) is 18.5 Å². The summed E-state index contributed by atoms with van der Waals surface area (Å²) in [5.74, 6) is 0.842. The van der Waals surface area contributed by atoms with E-state index in [1.54, 1.807) is 36.5 Å². The lowest BCUT2D eigenvalue weighted by Gasteiger charge is -2.09. The summed E-state index contributed by atoms with van der Waals surface area (Å²) in [6.45, 7) is 0.145. The molecule has 0 fully saturated rings. The maximum Gasteiger partial charge on any atom is 0.348 e. The molecule has 128 valence electrons. The summed E-state index contributed by atoms with van der Waals surface area (Å²) in [6.07, 6.45) is 2.85. The number of nitrogens with zero attached hydrogens (tertiary/aromatic N) is 2. The van der Waals surface area contributed by atoms with Crippen LogP contribution in [0.3, 0.4) is 0 Å². The molecule has 25 heavy (non-hydrogen) atoms. The predicted molar refractivity (Wildman–Crippen MR) is 92.8 cm³/mol. The zero-order chi connectivity index (χ0) is 17.8. The number of pyridine rings is 1. The van der Waals surface area contributed by atoms with Crippen LogP contribution in [0.15, 0.2) is 50.7 Å². The molecule has 0 aliphatic heterocycles. The van der Waals surface area contributed by atoms with Gasteiger partial charge in [0.1, 0.15) is 22.6 Å². The third-order valence-electron chi connectivity index (χ3n) is 3.65. The molecule has 3 aromatic rings. The van der Waals surface area contributed by atoms with E-state index in [2.05, 4.69) is 9.98 Å².